The molecule has 19 heavy (non-hydrogen) atoms. The first-order valence-electron chi connectivity index (χ1n) is 6.03. The molecular weight excluding hydrogens is 242 g/mol. The predicted octanol–water partition coefficient (Wildman–Crippen LogP) is 2.74. The largest absolute Gasteiger partial charge is 0.490 e. The van der Waals surface area contributed by atoms with Crippen molar-refractivity contribution in [2.45, 2.75) is 6.92 Å². The smallest absolute Gasteiger partial charge is 0.213 e. The molecule has 1 aromatic heterocycles. The molecule has 2 rings (SSSR count). The molecule has 1 aromatic carbocycles. The number of Topliss-reactive ketones (excluding diaryl/α,β-unsaturated/α-hetero) is 1. The summed E-state index contributed by atoms with van der Waals surface area (Å²) >= 11 is 0. The van der Waals surface area contributed by atoms with Crippen LogP contribution < -0.4 is 9.47 Å². The van der Waals surface area contributed by atoms with E-state index < -0.39 is 0 Å². The van der Waals surface area contributed by atoms with E-state index in [0.29, 0.717) is 24.7 Å². The van der Waals surface area contributed by atoms with Gasteiger partial charge in [0.25, 0.3) is 0 Å². The number of pyridine rings is 1. The van der Waals surface area contributed by atoms with Gasteiger partial charge >= 0.3 is 0 Å². The topological polar surface area (TPSA) is 48.4 Å². The van der Waals surface area contributed by atoms with Crippen molar-refractivity contribution in [2.75, 3.05) is 13.2 Å². The summed E-state index contributed by atoms with van der Waals surface area (Å²) in [6, 6.07) is 12.9. The molecule has 0 bridgehead atoms. The van der Waals surface area contributed by atoms with E-state index in [1.54, 1.807) is 12.1 Å². The second kappa shape index (κ2) is 6.54. The standard InChI is InChI=1S/C15H15NO3/c1-12(17)13-7-8-15(16-11-13)19-10-9-18-14-5-3-2-4-6-14/h2-8,11H,9-10H2,1H3. The van der Waals surface area contributed by atoms with Crippen LogP contribution >= 0.6 is 0 Å². The highest BCUT2D eigenvalue weighted by molar-refractivity contribution is 5.93. The van der Waals surface area contributed by atoms with Crippen molar-refractivity contribution in [3.05, 3.63) is 54.2 Å². The molecule has 0 saturated carbocycles. The average Bonchev–Trinajstić information content (AvgIpc) is 2.45. The molecule has 98 valence electrons. The van der Waals surface area contributed by atoms with Crippen LogP contribution in [0.25, 0.3) is 0 Å². The van der Waals surface area contributed by atoms with Crippen molar-refractivity contribution < 1.29 is 14.3 Å². The summed E-state index contributed by atoms with van der Waals surface area (Å²) in [5, 5.41) is 0. The maximum atomic E-state index is 11.1. The number of hydrogen-bond donors (Lipinski definition) is 0. The number of hydrogen-bond acceptors (Lipinski definition) is 4. The Labute approximate surface area is 112 Å². The molecule has 0 atom stereocenters. The fourth-order valence-electron chi connectivity index (χ4n) is 1.50. The molecule has 0 radical (unpaired) electrons. The summed E-state index contributed by atoms with van der Waals surface area (Å²) < 4.78 is 10.9. The van der Waals surface area contributed by atoms with Crippen LogP contribution in [0.5, 0.6) is 11.6 Å². The minimum atomic E-state index is -0.00791. The highest BCUT2D eigenvalue weighted by Crippen LogP contribution is 2.10. The van der Waals surface area contributed by atoms with Gasteiger partial charge in [0, 0.05) is 17.8 Å². The van der Waals surface area contributed by atoms with Gasteiger partial charge in [-0.25, -0.2) is 4.98 Å². The summed E-state index contributed by atoms with van der Waals surface area (Å²) in [7, 11) is 0. The predicted molar refractivity (Wildman–Crippen MR) is 71.7 cm³/mol. The molecule has 0 spiro atoms. The first kappa shape index (κ1) is 13.1. The highest BCUT2D eigenvalue weighted by Gasteiger charge is 2.01. The Morgan fingerprint density at radius 2 is 1.79 bits per heavy atom. The van der Waals surface area contributed by atoms with Crippen LogP contribution in [0.2, 0.25) is 0 Å². The number of benzene rings is 1. The maximum absolute atomic E-state index is 11.1. The highest BCUT2D eigenvalue weighted by atomic mass is 16.5. The number of carbonyl (C=O) groups excluding carboxylic acids is 1. The molecule has 0 aliphatic carbocycles. The zero-order valence-electron chi connectivity index (χ0n) is 10.7. The van der Waals surface area contributed by atoms with Crippen LogP contribution in [0.1, 0.15) is 17.3 Å². The van der Waals surface area contributed by atoms with E-state index in [1.807, 2.05) is 30.3 Å². The van der Waals surface area contributed by atoms with Crippen LogP contribution in [0, 0.1) is 0 Å². The van der Waals surface area contributed by atoms with E-state index in [9.17, 15) is 4.79 Å². The Hall–Kier alpha value is -2.36. The zero-order chi connectivity index (χ0) is 13.5. The molecule has 0 saturated heterocycles. The molecule has 0 amide bonds. The third-order valence-corrected chi connectivity index (χ3v) is 2.49. The van der Waals surface area contributed by atoms with E-state index in [4.69, 9.17) is 9.47 Å². The number of aromatic nitrogens is 1. The number of ketones is 1. The van der Waals surface area contributed by atoms with Gasteiger partial charge in [-0.15, -0.1) is 0 Å². The van der Waals surface area contributed by atoms with Crippen LogP contribution in [0.4, 0.5) is 0 Å². The third-order valence-electron chi connectivity index (χ3n) is 2.49. The molecular formula is C15H15NO3. The lowest BCUT2D eigenvalue weighted by atomic mass is 10.2. The monoisotopic (exact) mass is 257 g/mol. The maximum Gasteiger partial charge on any atom is 0.213 e. The summed E-state index contributed by atoms with van der Waals surface area (Å²) in [6.45, 7) is 2.35. The quantitative estimate of drug-likeness (QED) is 0.589. The van der Waals surface area contributed by atoms with Crippen LogP contribution in [-0.2, 0) is 0 Å². The summed E-state index contributed by atoms with van der Waals surface area (Å²) in [6.07, 6.45) is 1.51. The molecule has 1 heterocycles. The van der Waals surface area contributed by atoms with Crippen molar-refractivity contribution in [3.63, 3.8) is 0 Å². The summed E-state index contributed by atoms with van der Waals surface area (Å²) in [4.78, 5) is 15.1. The van der Waals surface area contributed by atoms with Crippen molar-refractivity contribution in [3.8, 4) is 11.6 Å². The minimum Gasteiger partial charge on any atom is -0.490 e. The Morgan fingerprint density at radius 3 is 2.42 bits per heavy atom. The number of ether oxygens (including phenoxy) is 2. The molecule has 4 heteroatoms. The Balaban J connectivity index is 1.75. The van der Waals surface area contributed by atoms with Crippen molar-refractivity contribution in [2.24, 2.45) is 0 Å². The fraction of sp³-hybridized carbons (Fsp3) is 0.200. The zero-order valence-corrected chi connectivity index (χ0v) is 10.7. The molecule has 4 nitrogen and oxygen atoms in total. The van der Waals surface area contributed by atoms with Gasteiger partial charge in [0.2, 0.25) is 5.88 Å². The van der Waals surface area contributed by atoms with E-state index in [-0.39, 0.29) is 5.78 Å². The molecule has 0 aliphatic heterocycles. The lowest BCUT2D eigenvalue weighted by Gasteiger charge is -2.07. The van der Waals surface area contributed by atoms with Gasteiger partial charge in [-0.3, -0.25) is 4.79 Å². The van der Waals surface area contributed by atoms with Crippen molar-refractivity contribution in [1.29, 1.82) is 0 Å². The molecule has 0 N–H and O–H groups in total. The van der Waals surface area contributed by atoms with Gasteiger partial charge in [-0.05, 0) is 25.1 Å². The second-order valence-corrected chi connectivity index (χ2v) is 3.95. The number of para-hydroxylation sites is 1. The lowest BCUT2D eigenvalue weighted by molar-refractivity contribution is 0.101. The van der Waals surface area contributed by atoms with Gasteiger partial charge in [0.05, 0.1) is 0 Å². The van der Waals surface area contributed by atoms with Crippen LogP contribution in [-0.4, -0.2) is 24.0 Å². The SMILES string of the molecule is CC(=O)c1ccc(OCCOc2ccccc2)nc1. The lowest BCUT2D eigenvalue weighted by Crippen LogP contribution is -2.09. The number of nitrogens with zero attached hydrogens (tertiary/aromatic N) is 1. The van der Waals surface area contributed by atoms with E-state index >= 15 is 0 Å². The van der Waals surface area contributed by atoms with Gasteiger partial charge in [0.15, 0.2) is 5.78 Å². The first-order valence-corrected chi connectivity index (χ1v) is 6.03. The van der Waals surface area contributed by atoms with Crippen LogP contribution in [0.15, 0.2) is 48.7 Å². The molecule has 0 unspecified atom stereocenters. The average molecular weight is 257 g/mol. The van der Waals surface area contributed by atoms with E-state index in [0.717, 1.165) is 5.75 Å². The summed E-state index contributed by atoms with van der Waals surface area (Å²) in [5.41, 5.74) is 0.577. The molecule has 0 aliphatic rings. The van der Waals surface area contributed by atoms with Gasteiger partial charge in [-0.2, -0.15) is 0 Å². The van der Waals surface area contributed by atoms with E-state index in [1.165, 1.54) is 13.1 Å². The first-order chi connectivity index (χ1) is 9.25. The Kier molecular flexibility index (Phi) is 4.50. The second-order valence-electron chi connectivity index (χ2n) is 3.95. The van der Waals surface area contributed by atoms with Gasteiger partial charge < -0.3 is 9.47 Å². The van der Waals surface area contributed by atoms with Crippen molar-refractivity contribution in [1.82, 2.24) is 4.98 Å². The minimum absolute atomic E-state index is 0.00791. The molecule has 2 aromatic rings. The van der Waals surface area contributed by atoms with Crippen LogP contribution in [0.3, 0.4) is 0 Å². The Bertz CT molecular complexity index is 523. The summed E-state index contributed by atoms with van der Waals surface area (Å²) in [5.74, 6) is 1.29. The Morgan fingerprint density at radius 1 is 1.05 bits per heavy atom. The van der Waals surface area contributed by atoms with Gasteiger partial charge in [0.1, 0.15) is 19.0 Å². The normalized spacial score (nSPS) is 9.95. The van der Waals surface area contributed by atoms with E-state index in [2.05, 4.69) is 4.98 Å². The number of carbonyl (C=O) groups is 1. The van der Waals surface area contributed by atoms with Gasteiger partial charge in [-0.1, -0.05) is 18.2 Å². The number of rotatable bonds is 6. The van der Waals surface area contributed by atoms with Crippen molar-refractivity contribution >= 4 is 5.78 Å². The fourth-order valence-corrected chi connectivity index (χ4v) is 1.50. The third kappa shape index (κ3) is 4.10. The molecule has 0 fully saturated rings.